The summed E-state index contributed by atoms with van der Waals surface area (Å²) in [5.74, 6) is 0.0180. The summed E-state index contributed by atoms with van der Waals surface area (Å²) in [6, 6.07) is 12.7. The highest BCUT2D eigenvalue weighted by Gasteiger charge is 2.30. The fourth-order valence-electron chi connectivity index (χ4n) is 2.26. The molecule has 9 heteroatoms. The number of rotatable bonds is 5. The first-order valence-electron chi connectivity index (χ1n) is 7.75. The van der Waals surface area contributed by atoms with Gasteiger partial charge in [-0.1, -0.05) is 6.07 Å². The lowest BCUT2D eigenvalue weighted by atomic mass is 10.2. The molecule has 0 aliphatic rings. The van der Waals surface area contributed by atoms with Crippen molar-refractivity contribution >= 4 is 29.0 Å². The molecule has 4 N–H and O–H groups in total. The number of carbonyl (C=O) groups is 1. The van der Waals surface area contributed by atoms with Crippen LogP contribution >= 0.6 is 0 Å². The minimum absolute atomic E-state index is 0.235. The Hall–Kier alpha value is -3.62. The second-order valence-electron chi connectivity index (χ2n) is 5.54. The van der Waals surface area contributed by atoms with Gasteiger partial charge in [0.25, 0.3) is 0 Å². The molecule has 27 heavy (non-hydrogen) atoms. The summed E-state index contributed by atoms with van der Waals surface area (Å²) >= 11 is 0. The lowest BCUT2D eigenvalue weighted by Crippen LogP contribution is -2.10. The number of anilines is 4. The molecule has 1 amide bonds. The number of benzene rings is 2. The van der Waals surface area contributed by atoms with E-state index in [9.17, 15) is 18.0 Å². The molecule has 138 valence electrons. The predicted molar refractivity (Wildman–Crippen MR) is 95.0 cm³/mol. The number of hydrogen-bond acceptors (Lipinski definition) is 5. The minimum atomic E-state index is -4.42. The first-order valence-corrected chi connectivity index (χ1v) is 7.75. The molecule has 3 aromatic rings. The van der Waals surface area contributed by atoms with Crippen LogP contribution in [0.1, 0.15) is 15.9 Å². The molecule has 0 unspecified atom stereocenters. The summed E-state index contributed by atoms with van der Waals surface area (Å²) in [7, 11) is 0. The van der Waals surface area contributed by atoms with Gasteiger partial charge in [0, 0.05) is 23.1 Å². The van der Waals surface area contributed by atoms with Gasteiger partial charge in [0.1, 0.15) is 5.82 Å². The van der Waals surface area contributed by atoms with Crippen molar-refractivity contribution in [3.05, 3.63) is 71.9 Å². The van der Waals surface area contributed by atoms with Crippen LogP contribution in [0, 0.1) is 0 Å². The summed E-state index contributed by atoms with van der Waals surface area (Å²) in [6.45, 7) is 0. The largest absolute Gasteiger partial charge is 0.416 e. The third kappa shape index (κ3) is 4.72. The van der Waals surface area contributed by atoms with Crippen LogP contribution in [0.25, 0.3) is 0 Å². The van der Waals surface area contributed by atoms with Crippen molar-refractivity contribution in [3.63, 3.8) is 0 Å². The molecule has 0 aliphatic heterocycles. The van der Waals surface area contributed by atoms with Crippen molar-refractivity contribution in [1.29, 1.82) is 0 Å². The quantitative estimate of drug-likeness (QED) is 0.627. The molecule has 0 fully saturated rings. The number of hydrogen-bond donors (Lipinski definition) is 3. The Labute approximate surface area is 152 Å². The maximum atomic E-state index is 12.8. The first-order chi connectivity index (χ1) is 12.8. The molecule has 2 aromatic carbocycles. The van der Waals surface area contributed by atoms with Gasteiger partial charge in [-0.3, -0.25) is 4.79 Å². The molecule has 6 nitrogen and oxygen atoms in total. The molecule has 0 bridgehead atoms. The molecule has 3 rings (SSSR count). The zero-order valence-corrected chi connectivity index (χ0v) is 13.8. The predicted octanol–water partition coefficient (Wildman–Crippen LogP) is 4.08. The van der Waals surface area contributed by atoms with Gasteiger partial charge in [0.2, 0.25) is 11.9 Å². The van der Waals surface area contributed by atoms with E-state index in [0.29, 0.717) is 17.1 Å². The second kappa shape index (κ2) is 7.32. The van der Waals surface area contributed by atoms with Crippen molar-refractivity contribution in [2.75, 3.05) is 10.6 Å². The third-order valence-corrected chi connectivity index (χ3v) is 3.54. The first kappa shape index (κ1) is 18.2. The summed E-state index contributed by atoms with van der Waals surface area (Å²) < 4.78 is 38.4. The molecular weight excluding hydrogens is 359 g/mol. The maximum Gasteiger partial charge on any atom is 0.416 e. The summed E-state index contributed by atoms with van der Waals surface area (Å²) in [4.78, 5) is 19.3. The zero-order valence-electron chi connectivity index (χ0n) is 13.8. The van der Waals surface area contributed by atoms with E-state index in [0.717, 1.165) is 12.1 Å². The SMILES string of the molecule is NC(=O)c1ccc(Nc2nccc(Nc3cccc(C(F)(F)F)c3)n2)cc1. The van der Waals surface area contributed by atoms with Gasteiger partial charge in [-0.05, 0) is 48.5 Å². The summed E-state index contributed by atoms with van der Waals surface area (Å²) in [5, 5.41) is 5.75. The molecule has 0 atom stereocenters. The van der Waals surface area contributed by atoms with Crippen LogP contribution in [0.5, 0.6) is 0 Å². The Morgan fingerprint density at radius 2 is 1.70 bits per heavy atom. The number of amides is 1. The van der Waals surface area contributed by atoms with E-state index in [-0.39, 0.29) is 11.6 Å². The van der Waals surface area contributed by atoms with Crippen LogP contribution in [0.4, 0.5) is 36.3 Å². The molecule has 0 saturated carbocycles. The highest BCUT2D eigenvalue weighted by Crippen LogP contribution is 2.31. The van der Waals surface area contributed by atoms with Gasteiger partial charge in [-0.2, -0.15) is 18.2 Å². The van der Waals surface area contributed by atoms with Gasteiger partial charge >= 0.3 is 6.18 Å². The monoisotopic (exact) mass is 373 g/mol. The number of alkyl halides is 3. The highest BCUT2D eigenvalue weighted by molar-refractivity contribution is 5.93. The van der Waals surface area contributed by atoms with Crippen molar-refractivity contribution in [2.24, 2.45) is 5.73 Å². The highest BCUT2D eigenvalue weighted by atomic mass is 19.4. The Morgan fingerprint density at radius 3 is 2.37 bits per heavy atom. The fraction of sp³-hybridized carbons (Fsp3) is 0.0556. The average Bonchev–Trinajstić information content (AvgIpc) is 2.62. The van der Waals surface area contributed by atoms with Crippen LogP contribution in [-0.4, -0.2) is 15.9 Å². The van der Waals surface area contributed by atoms with E-state index >= 15 is 0 Å². The molecule has 1 heterocycles. The van der Waals surface area contributed by atoms with Gasteiger partial charge in [-0.25, -0.2) is 4.98 Å². The molecule has 0 aliphatic carbocycles. The van der Waals surface area contributed by atoms with E-state index in [1.165, 1.54) is 24.4 Å². The molecule has 0 spiro atoms. The van der Waals surface area contributed by atoms with Crippen molar-refractivity contribution < 1.29 is 18.0 Å². The van der Waals surface area contributed by atoms with Crippen molar-refractivity contribution in [2.45, 2.75) is 6.18 Å². The van der Waals surface area contributed by atoms with E-state index in [4.69, 9.17) is 5.73 Å². The standard InChI is InChI=1S/C18H14F3N5O/c19-18(20,21)12-2-1-3-14(10-12)24-15-8-9-23-17(26-15)25-13-6-4-11(5-7-13)16(22)27/h1-10H,(H2,22,27)(H2,23,24,25,26). The van der Waals surface area contributed by atoms with E-state index < -0.39 is 17.6 Å². The van der Waals surface area contributed by atoms with Crippen molar-refractivity contribution in [3.8, 4) is 0 Å². The second-order valence-corrected chi connectivity index (χ2v) is 5.54. The Balaban J connectivity index is 1.75. The van der Waals surface area contributed by atoms with Crippen LogP contribution in [-0.2, 0) is 6.18 Å². The van der Waals surface area contributed by atoms with Gasteiger partial charge in [0.05, 0.1) is 5.56 Å². The smallest absolute Gasteiger partial charge is 0.366 e. The Kier molecular flexibility index (Phi) is 4.93. The number of primary amides is 1. The lowest BCUT2D eigenvalue weighted by Gasteiger charge is -2.11. The number of nitrogens with two attached hydrogens (primary N) is 1. The van der Waals surface area contributed by atoms with E-state index in [2.05, 4.69) is 20.6 Å². The molecule has 0 saturated heterocycles. The number of halogens is 3. The lowest BCUT2D eigenvalue weighted by molar-refractivity contribution is -0.137. The van der Waals surface area contributed by atoms with E-state index in [1.807, 2.05) is 0 Å². The Morgan fingerprint density at radius 1 is 0.963 bits per heavy atom. The van der Waals surface area contributed by atoms with Crippen molar-refractivity contribution in [1.82, 2.24) is 9.97 Å². The van der Waals surface area contributed by atoms with Crippen LogP contribution in [0.15, 0.2) is 60.8 Å². The number of aromatic nitrogens is 2. The fourth-order valence-corrected chi connectivity index (χ4v) is 2.26. The normalized spacial score (nSPS) is 11.1. The van der Waals surface area contributed by atoms with Crippen LogP contribution in [0.3, 0.4) is 0 Å². The van der Waals surface area contributed by atoms with Crippen LogP contribution in [0.2, 0.25) is 0 Å². The zero-order chi connectivity index (χ0) is 19.4. The summed E-state index contributed by atoms with van der Waals surface area (Å²) in [6.07, 6.45) is -2.96. The third-order valence-electron chi connectivity index (χ3n) is 3.54. The van der Waals surface area contributed by atoms with Gasteiger partial charge in [0.15, 0.2) is 0 Å². The van der Waals surface area contributed by atoms with Gasteiger partial charge < -0.3 is 16.4 Å². The van der Waals surface area contributed by atoms with E-state index in [1.54, 1.807) is 24.3 Å². The number of nitrogens with one attached hydrogen (secondary N) is 2. The molecule has 0 radical (unpaired) electrons. The maximum absolute atomic E-state index is 12.8. The summed E-state index contributed by atoms with van der Waals surface area (Å²) in [5.41, 5.74) is 5.66. The average molecular weight is 373 g/mol. The minimum Gasteiger partial charge on any atom is -0.366 e. The number of nitrogens with zero attached hydrogens (tertiary/aromatic N) is 2. The van der Waals surface area contributed by atoms with Crippen LogP contribution < -0.4 is 16.4 Å². The molecular formula is C18H14F3N5O. The van der Waals surface area contributed by atoms with Gasteiger partial charge in [-0.15, -0.1) is 0 Å². The number of carbonyl (C=O) groups excluding carboxylic acids is 1. The molecule has 1 aromatic heterocycles. The topological polar surface area (TPSA) is 92.9 Å². The Bertz CT molecular complexity index is 958.